The topological polar surface area (TPSA) is 141 Å². The summed E-state index contributed by atoms with van der Waals surface area (Å²) in [5.74, 6) is 0.851. The van der Waals surface area contributed by atoms with E-state index in [0.717, 1.165) is 26.2 Å². The first kappa shape index (κ1) is 19.5. The van der Waals surface area contributed by atoms with Crippen molar-refractivity contribution < 1.29 is 26.5 Å². The molecule has 3 aliphatic rings. The summed E-state index contributed by atoms with van der Waals surface area (Å²) < 4.78 is 41.1. The Balaban J connectivity index is 1.42. The number of hydrogen-bond acceptors (Lipinski definition) is 9. The van der Waals surface area contributed by atoms with Crippen molar-refractivity contribution in [1.29, 1.82) is 0 Å². The van der Waals surface area contributed by atoms with E-state index in [4.69, 9.17) is 8.97 Å². The molecule has 0 aromatic carbocycles. The molecule has 4 heterocycles. The van der Waals surface area contributed by atoms with Crippen LogP contribution >= 0.6 is 0 Å². The molecule has 28 heavy (non-hydrogen) atoms. The first-order valence-corrected chi connectivity index (χ1v) is 10.7. The fourth-order valence-electron chi connectivity index (χ4n) is 4.08. The summed E-state index contributed by atoms with van der Waals surface area (Å²) >= 11 is 0. The Hall–Kier alpha value is -1.80. The molecule has 3 aliphatic heterocycles. The van der Waals surface area contributed by atoms with E-state index in [0.29, 0.717) is 36.1 Å². The molecule has 0 aliphatic carbocycles. The number of piperidine rings is 1. The molecule has 3 saturated heterocycles. The van der Waals surface area contributed by atoms with Gasteiger partial charge >= 0.3 is 16.4 Å². The molecule has 1 aromatic rings. The highest BCUT2D eigenvalue weighted by molar-refractivity contribution is 7.80. The summed E-state index contributed by atoms with van der Waals surface area (Å²) in [6.45, 7) is 6.25. The van der Waals surface area contributed by atoms with E-state index in [1.54, 1.807) is 0 Å². The SMILES string of the molecule is CC(Cc1nnc(C2CCC3CN2C(=O)N3OS(=O)(=O)O)o1)N1CCNCC1. The van der Waals surface area contributed by atoms with Gasteiger partial charge in [-0.15, -0.1) is 14.5 Å². The summed E-state index contributed by atoms with van der Waals surface area (Å²) in [5.41, 5.74) is 0. The fourth-order valence-corrected chi connectivity index (χ4v) is 4.47. The van der Waals surface area contributed by atoms with Crippen molar-refractivity contribution in [2.75, 3.05) is 32.7 Å². The van der Waals surface area contributed by atoms with Crippen molar-refractivity contribution in [3.8, 4) is 0 Å². The van der Waals surface area contributed by atoms with Crippen molar-refractivity contribution in [2.45, 2.75) is 44.3 Å². The second-order valence-electron chi connectivity index (χ2n) is 7.38. The number of nitrogens with zero attached hydrogens (tertiary/aromatic N) is 5. The van der Waals surface area contributed by atoms with E-state index in [9.17, 15) is 13.2 Å². The van der Waals surface area contributed by atoms with E-state index in [1.807, 2.05) is 0 Å². The van der Waals surface area contributed by atoms with Crippen molar-refractivity contribution in [1.82, 2.24) is 30.4 Å². The van der Waals surface area contributed by atoms with Crippen LogP contribution in [0.2, 0.25) is 0 Å². The Morgan fingerprint density at radius 2 is 2.07 bits per heavy atom. The van der Waals surface area contributed by atoms with E-state index < -0.39 is 28.5 Å². The van der Waals surface area contributed by atoms with E-state index in [-0.39, 0.29) is 12.6 Å². The zero-order chi connectivity index (χ0) is 19.9. The van der Waals surface area contributed by atoms with Gasteiger partial charge in [-0.25, -0.2) is 4.79 Å². The number of piperazine rings is 1. The summed E-state index contributed by atoms with van der Waals surface area (Å²) in [4.78, 5) is 16.3. The molecular formula is C15H24N6O6S. The van der Waals surface area contributed by atoms with Crippen molar-refractivity contribution in [3.63, 3.8) is 0 Å². The molecule has 0 saturated carbocycles. The Bertz CT molecular complexity index is 825. The predicted octanol–water partition coefficient (Wildman–Crippen LogP) is -0.419. The molecule has 3 fully saturated rings. The van der Waals surface area contributed by atoms with E-state index >= 15 is 0 Å². The van der Waals surface area contributed by atoms with E-state index in [2.05, 4.69) is 31.6 Å². The zero-order valence-electron chi connectivity index (χ0n) is 15.5. The molecule has 3 atom stereocenters. The third-order valence-corrected chi connectivity index (χ3v) is 5.86. The number of carbonyl (C=O) groups excluding carboxylic acids is 1. The van der Waals surface area contributed by atoms with Gasteiger partial charge in [0.05, 0.1) is 6.04 Å². The molecule has 2 amide bonds. The number of urea groups is 1. The smallest absolute Gasteiger partial charge is 0.418 e. The van der Waals surface area contributed by atoms with Gasteiger partial charge in [0.1, 0.15) is 6.04 Å². The van der Waals surface area contributed by atoms with Crippen LogP contribution < -0.4 is 5.32 Å². The van der Waals surface area contributed by atoms with Crippen molar-refractivity contribution >= 4 is 16.4 Å². The van der Waals surface area contributed by atoms with Crippen LogP contribution in [0.1, 0.15) is 37.6 Å². The minimum Gasteiger partial charge on any atom is -0.423 e. The Labute approximate surface area is 162 Å². The Kier molecular flexibility index (Phi) is 5.26. The van der Waals surface area contributed by atoms with Gasteiger partial charge in [0, 0.05) is 45.2 Å². The molecule has 4 rings (SSSR count). The van der Waals surface area contributed by atoms with Crippen LogP contribution in [0.5, 0.6) is 0 Å². The lowest BCUT2D eigenvalue weighted by Crippen LogP contribution is -2.48. The second-order valence-corrected chi connectivity index (χ2v) is 8.39. The van der Waals surface area contributed by atoms with Gasteiger partial charge in [-0.05, 0) is 19.8 Å². The first-order chi connectivity index (χ1) is 13.3. The van der Waals surface area contributed by atoms with Crippen LogP contribution in [0, 0.1) is 0 Å². The standard InChI is InChI=1S/C15H24N6O6S/c1-10(19-6-4-16-5-7-19)8-13-17-18-14(26-13)12-3-2-11-9-20(12)15(22)21(11)27-28(23,24)25/h10-12,16H,2-9H2,1H3,(H,23,24,25). The third-order valence-electron chi connectivity index (χ3n) is 5.51. The second kappa shape index (κ2) is 7.55. The molecule has 2 bridgehead atoms. The van der Waals surface area contributed by atoms with Gasteiger partial charge in [0.25, 0.3) is 0 Å². The quantitative estimate of drug-likeness (QED) is 0.587. The Morgan fingerprint density at radius 1 is 1.32 bits per heavy atom. The predicted molar refractivity (Wildman–Crippen MR) is 94.2 cm³/mol. The summed E-state index contributed by atoms with van der Waals surface area (Å²) in [7, 11) is -4.76. The van der Waals surface area contributed by atoms with Crippen LogP contribution in [-0.2, 0) is 21.1 Å². The monoisotopic (exact) mass is 416 g/mol. The summed E-state index contributed by atoms with van der Waals surface area (Å²) in [5, 5.41) is 12.3. The molecule has 1 aromatic heterocycles. The molecular weight excluding hydrogens is 392 g/mol. The fraction of sp³-hybridized carbons (Fsp3) is 0.800. The van der Waals surface area contributed by atoms with Crippen molar-refractivity contribution in [2.24, 2.45) is 0 Å². The number of amides is 2. The lowest BCUT2D eigenvalue weighted by Gasteiger charge is -2.32. The molecule has 156 valence electrons. The normalized spacial score (nSPS) is 27.4. The average Bonchev–Trinajstić information content (AvgIpc) is 3.21. The maximum absolute atomic E-state index is 12.5. The van der Waals surface area contributed by atoms with Crippen LogP contribution in [-0.4, -0.2) is 88.9 Å². The zero-order valence-corrected chi connectivity index (χ0v) is 16.3. The lowest BCUT2D eigenvalue weighted by molar-refractivity contribution is -0.0317. The van der Waals surface area contributed by atoms with Gasteiger partial charge < -0.3 is 14.6 Å². The average molecular weight is 416 g/mol. The van der Waals surface area contributed by atoms with Gasteiger partial charge in [-0.1, -0.05) is 0 Å². The van der Waals surface area contributed by atoms with Gasteiger partial charge in [-0.3, -0.25) is 9.45 Å². The summed E-state index contributed by atoms with van der Waals surface area (Å²) in [6, 6.07) is -1.26. The van der Waals surface area contributed by atoms with E-state index in [1.165, 1.54) is 4.90 Å². The maximum Gasteiger partial charge on any atom is 0.418 e. The Morgan fingerprint density at radius 3 is 2.79 bits per heavy atom. The lowest BCUT2D eigenvalue weighted by atomic mass is 10.0. The van der Waals surface area contributed by atoms with Gasteiger partial charge in [-0.2, -0.15) is 13.5 Å². The molecule has 0 radical (unpaired) electrons. The van der Waals surface area contributed by atoms with Crippen LogP contribution in [0.4, 0.5) is 4.79 Å². The highest BCUT2D eigenvalue weighted by Crippen LogP contribution is 2.38. The molecule has 13 heteroatoms. The number of rotatable bonds is 6. The first-order valence-electron chi connectivity index (χ1n) is 9.35. The molecule has 12 nitrogen and oxygen atoms in total. The maximum atomic E-state index is 12.5. The number of hydrogen-bond donors (Lipinski definition) is 2. The van der Waals surface area contributed by atoms with Crippen molar-refractivity contribution in [3.05, 3.63) is 11.8 Å². The number of fused-ring (bicyclic) bond motifs is 2. The number of aromatic nitrogens is 2. The van der Waals surface area contributed by atoms with Crippen LogP contribution in [0.25, 0.3) is 0 Å². The number of nitrogens with one attached hydrogen (secondary N) is 1. The number of hydroxylamine groups is 2. The minimum atomic E-state index is -4.76. The molecule has 0 spiro atoms. The molecule has 3 unspecified atom stereocenters. The molecule has 2 N–H and O–H groups in total. The minimum absolute atomic E-state index is 0.262. The third kappa shape index (κ3) is 3.98. The highest BCUT2D eigenvalue weighted by atomic mass is 32.3. The highest BCUT2D eigenvalue weighted by Gasteiger charge is 2.49. The summed E-state index contributed by atoms with van der Waals surface area (Å²) in [6.07, 6.45) is 1.66. The number of carbonyl (C=O) groups is 1. The van der Waals surface area contributed by atoms with Crippen LogP contribution in [0.3, 0.4) is 0 Å². The van der Waals surface area contributed by atoms with Crippen LogP contribution in [0.15, 0.2) is 4.42 Å². The van der Waals surface area contributed by atoms with Gasteiger partial charge in [0.15, 0.2) is 0 Å². The largest absolute Gasteiger partial charge is 0.423 e. The van der Waals surface area contributed by atoms with Gasteiger partial charge in [0.2, 0.25) is 11.8 Å².